The molecule has 3 nitrogen and oxygen atoms in total. The maximum absolute atomic E-state index is 6.15. The molecule has 0 saturated heterocycles. The molecule has 0 fully saturated rings. The molecule has 0 saturated carbocycles. The molecule has 1 atom stereocenters. The molecule has 0 amide bonds. The van der Waals surface area contributed by atoms with Crippen LogP contribution >= 0.6 is 23.2 Å². The average molecular weight is 360 g/mol. The molecule has 1 heterocycles. The number of likely N-dealkylation sites (N-methyl/N-ethyl adjacent to an activating group) is 1. The molecule has 2 aromatic carbocycles. The van der Waals surface area contributed by atoms with Crippen LogP contribution in [0.5, 0.6) is 0 Å². The number of aromatic amines is 1. The maximum Gasteiger partial charge on any atom is 0.123 e. The molecular formula is C19H19Cl2N3. The second-order valence-corrected chi connectivity index (χ2v) is 6.75. The van der Waals surface area contributed by atoms with E-state index in [4.69, 9.17) is 23.2 Å². The van der Waals surface area contributed by atoms with Crippen LogP contribution in [0.1, 0.15) is 23.0 Å². The summed E-state index contributed by atoms with van der Waals surface area (Å²) in [7, 11) is 2.10. The first-order valence-corrected chi connectivity index (χ1v) is 8.56. The number of hydrogen-bond donors (Lipinski definition) is 1. The third-order valence-electron chi connectivity index (χ3n) is 3.99. The standard InChI is InChI=1S/C19H19Cl2N3/c1-24(13-14-5-3-2-4-6-14)18(19-22-7-8-23-19)11-15-9-16(20)12-17(21)10-15/h2-10,12,18H,11,13H2,1H3,(H,22,23). The zero-order valence-electron chi connectivity index (χ0n) is 13.4. The molecule has 3 aromatic rings. The number of benzene rings is 2. The van der Waals surface area contributed by atoms with Crippen LogP contribution in [0.2, 0.25) is 10.0 Å². The van der Waals surface area contributed by atoms with Gasteiger partial charge in [0.25, 0.3) is 0 Å². The fourth-order valence-corrected chi connectivity index (χ4v) is 3.43. The lowest BCUT2D eigenvalue weighted by Gasteiger charge is -2.27. The van der Waals surface area contributed by atoms with Crippen LogP contribution in [-0.4, -0.2) is 21.9 Å². The zero-order valence-corrected chi connectivity index (χ0v) is 14.9. The van der Waals surface area contributed by atoms with Gasteiger partial charge in [0.2, 0.25) is 0 Å². The minimum absolute atomic E-state index is 0.106. The van der Waals surface area contributed by atoms with E-state index in [-0.39, 0.29) is 6.04 Å². The van der Waals surface area contributed by atoms with E-state index in [9.17, 15) is 0 Å². The van der Waals surface area contributed by atoms with Crippen LogP contribution < -0.4 is 0 Å². The van der Waals surface area contributed by atoms with E-state index in [1.165, 1.54) is 5.56 Å². The molecule has 24 heavy (non-hydrogen) atoms. The summed E-state index contributed by atoms with van der Waals surface area (Å²) in [5.74, 6) is 0.935. The molecule has 1 N–H and O–H groups in total. The summed E-state index contributed by atoms with van der Waals surface area (Å²) in [6.07, 6.45) is 4.41. The van der Waals surface area contributed by atoms with Crippen molar-refractivity contribution in [2.45, 2.75) is 19.0 Å². The lowest BCUT2D eigenvalue weighted by molar-refractivity contribution is 0.226. The molecule has 1 aromatic heterocycles. The molecule has 0 aliphatic rings. The highest BCUT2D eigenvalue weighted by atomic mass is 35.5. The van der Waals surface area contributed by atoms with Crippen molar-refractivity contribution in [2.24, 2.45) is 0 Å². The van der Waals surface area contributed by atoms with Crippen LogP contribution in [-0.2, 0) is 13.0 Å². The van der Waals surface area contributed by atoms with Crippen LogP contribution in [0.15, 0.2) is 60.9 Å². The fourth-order valence-electron chi connectivity index (χ4n) is 2.85. The highest BCUT2D eigenvalue weighted by Crippen LogP contribution is 2.26. The molecule has 0 spiro atoms. The van der Waals surface area contributed by atoms with Gasteiger partial charge in [-0.25, -0.2) is 4.98 Å². The molecular weight excluding hydrogens is 341 g/mol. The van der Waals surface area contributed by atoms with Gasteiger partial charge in [0.1, 0.15) is 5.82 Å². The van der Waals surface area contributed by atoms with Crippen molar-refractivity contribution in [1.82, 2.24) is 14.9 Å². The number of aromatic nitrogens is 2. The Morgan fingerprint density at radius 2 is 1.75 bits per heavy atom. The lowest BCUT2D eigenvalue weighted by Crippen LogP contribution is -2.27. The highest BCUT2D eigenvalue weighted by molar-refractivity contribution is 6.34. The summed E-state index contributed by atoms with van der Waals surface area (Å²) < 4.78 is 0. The molecule has 124 valence electrons. The number of rotatable bonds is 6. The number of H-pyrrole nitrogens is 1. The minimum atomic E-state index is 0.106. The lowest BCUT2D eigenvalue weighted by atomic mass is 10.0. The van der Waals surface area contributed by atoms with Crippen LogP contribution in [0.25, 0.3) is 0 Å². The van der Waals surface area contributed by atoms with Crippen molar-refractivity contribution in [3.63, 3.8) is 0 Å². The first kappa shape index (κ1) is 17.0. The normalized spacial score (nSPS) is 12.5. The topological polar surface area (TPSA) is 31.9 Å². The number of halogens is 2. The third kappa shape index (κ3) is 4.38. The van der Waals surface area contributed by atoms with Crippen molar-refractivity contribution in [1.29, 1.82) is 0 Å². The van der Waals surface area contributed by atoms with E-state index >= 15 is 0 Å². The second-order valence-electron chi connectivity index (χ2n) is 5.87. The van der Waals surface area contributed by atoms with E-state index < -0.39 is 0 Å². The Balaban J connectivity index is 1.83. The second kappa shape index (κ2) is 7.84. The van der Waals surface area contributed by atoms with E-state index in [1.807, 2.05) is 24.4 Å². The maximum atomic E-state index is 6.15. The molecule has 5 heteroatoms. The summed E-state index contributed by atoms with van der Waals surface area (Å²) in [4.78, 5) is 9.97. The quantitative estimate of drug-likeness (QED) is 0.661. The van der Waals surface area contributed by atoms with Gasteiger partial charge < -0.3 is 4.98 Å². The van der Waals surface area contributed by atoms with Gasteiger partial charge >= 0.3 is 0 Å². The van der Waals surface area contributed by atoms with Gasteiger partial charge in [0.15, 0.2) is 0 Å². The van der Waals surface area contributed by atoms with Gasteiger partial charge in [0, 0.05) is 29.0 Å². The predicted octanol–water partition coefficient (Wildman–Crippen LogP) is 5.13. The Kier molecular flexibility index (Phi) is 5.56. The predicted molar refractivity (Wildman–Crippen MR) is 99.4 cm³/mol. The number of nitrogens with zero attached hydrogens (tertiary/aromatic N) is 2. The fraction of sp³-hybridized carbons (Fsp3) is 0.211. The SMILES string of the molecule is CN(Cc1ccccc1)C(Cc1cc(Cl)cc(Cl)c1)c1ncc[nH]1. The van der Waals surface area contributed by atoms with Gasteiger partial charge in [-0.1, -0.05) is 53.5 Å². The number of nitrogens with one attached hydrogen (secondary N) is 1. The molecule has 0 radical (unpaired) electrons. The van der Waals surface area contributed by atoms with Gasteiger partial charge in [-0.05, 0) is 42.8 Å². The molecule has 0 aliphatic carbocycles. The van der Waals surface area contributed by atoms with Gasteiger partial charge in [-0.3, -0.25) is 4.90 Å². The summed E-state index contributed by atoms with van der Waals surface area (Å²) in [5, 5.41) is 1.31. The van der Waals surface area contributed by atoms with E-state index in [1.54, 1.807) is 12.3 Å². The summed E-state index contributed by atoms with van der Waals surface area (Å²) in [5.41, 5.74) is 2.36. The van der Waals surface area contributed by atoms with Crippen molar-refractivity contribution in [3.8, 4) is 0 Å². The van der Waals surface area contributed by atoms with Crippen molar-refractivity contribution < 1.29 is 0 Å². The Morgan fingerprint density at radius 3 is 2.38 bits per heavy atom. The Bertz CT molecular complexity index is 752. The van der Waals surface area contributed by atoms with Crippen molar-refractivity contribution in [2.75, 3.05) is 7.05 Å². The van der Waals surface area contributed by atoms with Crippen molar-refractivity contribution in [3.05, 3.63) is 87.9 Å². The monoisotopic (exact) mass is 359 g/mol. The smallest absolute Gasteiger partial charge is 0.123 e. The Hall–Kier alpha value is -1.81. The molecule has 3 rings (SSSR count). The summed E-state index contributed by atoms with van der Waals surface area (Å²) in [6, 6.07) is 16.2. The minimum Gasteiger partial charge on any atom is -0.347 e. The summed E-state index contributed by atoms with van der Waals surface area (Å²) in [6.45, 7) is 0.834. The van der Waals surface area contributed by atoms with Gasteiger partial charge in [0.05, 0.1) is 6.04 Å². The first-order valence-electron chi connectivity index (χ1n) is 7.80. The largest absolute Gasteiger partial charge is 0.347 e. The number of hydrogen-bond acceptors (Lipinski definition) is 2. The van der Waals surface area contributed by atoms with Crippen LogP contribution in [0, 0.1) is 0 Å². The Morgan fingerprint density at radius 1 is 1.04 bits per heavy atom. The first-order chi connectivity index (χ1) is 11.6. The van der Waals surface area contributed by atoms with Gasteiger partial charge in [-0.15, -0.1) is 0 Å². The molecule has 0 aliphatic heterocycles. The third-order valence-corrected chi connectivity index (χ3v) is 4.43. The van der Waals surface area contributed by atoms with Crippen LogP contribution in [0.3, 0.4) is 0 Å². The molecule has 1 unspecified atom stereocenters. The zero-order chi connectivity index (χ0) is 16.9. The van der Waals surface area contributed by atoms with Gasteiger partial charge in [-0.2, -0.15) is 0 Å². The van der Waals surface area contributed by atoms with Crippen molar-refractivity contribution >= 4 is 23.2 Å². The van der Waals surface area contributed by atoms with E-state index in [2.05, 4.69) is 46.2 Å². The average Bonchev–Trinajstić information content (AvgIpc) is 3.06. The Labute approximate surface area is 152 Å². The van der Waals surface area contributed by atoms with E-state index in [0.29, 0.717) is 10.0 Å². The van der Waals surface area contributed by atoms with Crippen LogP contribution in [0.4, 0.5) is 0 Å². The molecule has 0 bridgehead atoms. The van der Waals surface area contributed by atoms with E-state index in [0.717, 1.165) is 24.4 Å². The highest BCUT2D eigenvalue weighted by Gasteiger charge is 2.20. The summed E-state index contributed by atoms with van der Waals surface area (Å²) >= 11 is 12.3. The number of imidazole rings is 1.